The van der Waals surface area contributed by atoms with Crippen LogP contribution in [0.3, 0.4) is 0 Å². The van der Waals surface area contributed by atoms with Crippen molar-refractivity contribution in [2.24, 2.45) is 0 Å². The fourth-order valence-electron chi connectivity index (χ4n) is 2.12. The highest BCUT2D eigenvalue weighted by Crippen LogP contribution is 2.21. The van der Waals surface area contributed by atoms with Gasteiger partial charge >= 0.3 is 0 Å². The van der Waals surface area contributed by atoms with E-state index < -0.39 is 5.91 Å². The number of carbonyl (C=O) groups is 1. The Kier molecular flexibility index (Phi) is 5.97. The van der Waals surface area contributed by atoms with Gasteiger partial charge in [-0.3, -0.25) is 4.79 Å². The number of hydrogen-bond acceptors (Lipinski definition) is 4. The number of nitrogens with one attached hydrogen (secondary N) is 1. The molecule has 5 nitrogen and oxygen atoms in total. The minimum atomic E-state index is -0.466. The van der Waals surface area contributed by atoms with Crippen LogP contribution in [0.15, 0.2) is 60.2 Å². The van der Waals surface area contributed by atoms with Crippen LogP contribution in [0.25, 0.3) is 6.08 Å². The largest absolute Gasteiger partial charge is 0.508 e. The molecule has 126 valence electrons. The highest BCUT2D eigenvalue weighted by molar-refractivity contribution is 5.97. The van der Waals surface area contributed by atoms with Gasteiger partial charge in [0.2, 0.25) is 0 Å². The Morgan fingerprint density at radius 2 is 1.80 bits per heavy atom. The third-order valence-electron chi connectivity index (χ3n) is 3.42. The van der Waals surface area contributed by atoms with Gasteiger partial charge in [0.25, 0.3) is 5.91 Å². The summed E-state index contributed by atoms with van der Waals surface area (Å²) in [6, 6.07) is 13.7. The molecule has 1 amide bonds. The van der Waals surface area contributed by atoms with Crippen molar-refractivity contribution in [2.75, 3.05) is 0 Å². The Balaban J connectivity index is 2.01. The number of phenolic OH excluding ortho intramolecular Hbond substituents is 2. The van der Waals surface area contributed by atoms with Crippen LogP contribution in [0.1, 0.15) is 16.7 Å². The van der Waals surface area contributed by atoms with E-state index in [1.165, 1.54) is 30.4 Å². The van der Waals surface area contributed by atoms with Crippen LogP contribution in [-0.4, -0.2) is 16.1 Å². The molecular weight excluding hydrogens is 316 g/mol. The predicted molar refractivity (Wildman–Crippen MR) is 95.5 cm³/mol. The topological polar surface area (TPSA) is 93.4 Å². The summed E-state index contributed by atoms with van der Waals surface area (Å²) in [5, 5.41) is 30.6. The van der Waals surface area contributed by atoms with Crippen LogP contribution < -0.4 is 5.32 Å². The summed E-state index contributed by atoms with van der Waals surface area (Å²) in [5.41, 5.74) is 2.59. The Morgan fingerprint density at radius 3 is 2.40 bits per heavy atom. The molecule has 0 aliphatic rings. The van der Waals surface area contributed by atoms with Crippen molar-refractivity contribution >= 4 is 12.0 Å². The van der Waals surface area contributed by atoms with E-state index in [0.717, 1.165) is 11.1 Å². The maximum absolute atomic E-state index is 12.0. The van der Waals surface area contributed by atoms with Gasteiger partial charge in [-0.1, -0.05) is 42.0 Å². The molecule has 0 atom stereocenters. The smallest absolute Gasteiger partial charge is 0.262 e. The van der Waals surface area contributed by atoms with Gasteiger partial charge in [0, 0.05) is 12.6 Å². The number of carbonyl (C=O) groups excluding carboxylic acids is 1. The Labute approximate surface area is 146 Å². The Morgan fingerprint density at radius 1 is 1.16 bits per heavy atom. The van der Waals surface area contributed by atoms with Crippen molar-refractivity contribution in [1.82, 2.24) is 5.32 Å². The minimum Gasteiger partial charge on any atom is -0.508 e. The number of phenols is 2. The first kappa shape index (κ1) is 17.8. The zero-order valence-corrected chi connectivity index (χ0v) is 13.7. The lowest BCUT2D eigenvalue weighted by Gasteiger charge is -2.04. The first-order chi connectivity index (χ1) is 12.0. The zero-order valence-electron chi connectivity index (χ0n) is 13.7. The zero-order chi connectivity index (χ0) is 18.2. The number of rotatable bonds is 5. The third kappa shape index (κ3) is 5.56. The molecule has 2 rings (SSSR count). The number of nitrogens with zero attached hydrogens (tertiary/aromatic N) is 1. The number of hydrogen-bond donors (Lipinski definition) is 3. The summed E-state index contributed by atoms with van der Waals surface area (Å²) in [4.78, 5) is 12.0. The molecule has 0 aliphatic heterocycles. The minimum absolute atomic E-state index is 0.0345. The van der Waals surface area contributed by atoms with Crippen molar-refractivity contribution in [3.63, 3.8) is 0 Å². The summed E-state index contributed by atoms with van der Waals surface area (Å²) < 4.78 is 0. The first-order valence-electron chi connectivity index (χ1n) is 7.63. The Hall–Kier alpha value is -3.52. The molecule has 5 heteroatoms. The van der Waals surface area contributed by atoms with Crippen LogP contribution in [-0.2, 0) is 11.3 Å². The molecule has 0 saturated carbocycles. The fraction of sp³-hybridized carbons (Fsp3) is 0.100. The summed E-state index contributed by atoms with van der Waals surface area (Å²) in [7, 11) is 0. The van der Waals surface area contributed by atoms with Crippen LogP contribution in [0.2, 0.25) is 0 Å². The van der Waals surface area contributed by atoms with Gasteiger partial charge in [-0.25, -0.2) is 0 Å². The molecule has 0 saturated heterocycles. The molecule has 0 radical (unpaired) electrons. The maximum Gasteiger partial charge on any atom is 0.262 e. The van der Waals surface area contributed by atoms with Gasteiger partial charge in [0.05, 0.1) is 0 Å². The number of nitriles is 1. The van der Waals surface area contributed by atoms with Gasteiger partial charge < -0.3 is 15.5 Å². The van der Waals surface area contributed by atoms with E-state index in [-0.39, 0.29) is 17.1 Å². The number of aromatic hydroxyl groups is 2. The van der Waals surface area contributed by atoms with E-state index in [4.69, 9.17) is 5.26 Å². The van der Waals surface area contributed by atoms with Gasteiger partial charge in [-0.05, 0) is 36.3 Å². The Bertz CT molecular complexity index is 839. The van der Waals surface area contributed by atoms with Crippen molar-refractivity contribution < 1.29 is 15.0 Å². The van der Waals surface area contributed by atoms with Crippen molar-refractivity contribution in [1.29, 1.82) is 5.26 Å². The second-order valence-electron chi connectivity index (χ2n) is 5.50. The van der Waals surface area contributed by atoms with Crippen molar-refractivity contribution in [3.8, 4) is 17.6 Å². The van der Waals surface area contributed by atoms with Gasteiger partial charge in [0.15, 0.2) is 0 Å². The van der Waals surface area contributed by atoms with Gasteiger partial charge in [-0.15, -0.1) is 0 Å². The number of allylic oxidation sites excluding steroid dienone is 2. The van der Waals surface area contributed by atoms with Gasteiger partial charge in [0.1, 0.15) is 23.1 Å². The monoisotopic (exact) mass is 334 g/mol. The fourth-order valence-corrected chi connectivity index (χ4v) is 2.12. The second kappa shape index (κ2) is 8.37. The first-order valence-corrected chi connectivity index (χ1v) is 7.63. The molecule has 0 heterocycles. The molecule has 25 heavy (non-hydrogen) atoms. The standard InChI is InChI=1S/C20H18N2O3/c1-14-5-7-15(8-6-14)13-22-20(25)17(12-21)4-2-3-16-9-18(23)11-19(24)10-16/h2-11,23-24H,13H2,1H3,(H,22,25)/b3-2+,17-4+. The molecule has 0 unspecified atom stereocenters. The molecule has 2 aromatic carbocycles. The normalized spacial score (nSPS) is 11.3. The molecule has 0 fully saturated rings. The highest BCUT2D eigenvalue weighted by Gasteiger charge is 2.07. The van der Waals surface area contributed by atoms with Crippen LogP contribution >= 0.6 is 0 Å². The van der Waals surface area contributed by atoms with Crippen LogP contribution in [0.5, 0.6) is 11.5 Å². The lowest BCUT2D eigenvalue weighted by atomic mass is 10.1. The molecule has 2 aromatic rings. The van der Waals surface area contributed by atoms with Crippen LogP contribution in [0, 0.1) is 18.3 Å². The summed E-state index contributed by atoms with van der Waals surface area (Å²) in [6.07, 6.45) is 4.47. The molecule has 0 aliphatic carbocycles. The summed E-state index contributed by atoms with van der Waals surface area (Å²) >= 11 is 0. The molecule has 0 aromatic heterocycles. The van der Waals surface area contributed by atoms with E-state index in [1.54, 1.807) is 6.08 Å². The highest BCUT2D eigenvalue weighted by atomic mass is 16.3. The SMILES string of the molecule is Cc1ccc(CNC(=O)/C(C#N)=C/C=C/c2cc(O)cc(O)c2)cc1. The van der Waals surface area contributed by atoms with E-state index in [9.17, 15) is 15.0 Å². The van der Waals surface area contributed by atoms with Crippen molar-refractivity contribution in [3.05, 3.63) is 76.9 Å². The number of benzene rings is 2. The lowest BCUT2D eigenvalue weighted by molar-refractivity contribution is -0.117. The second-order valence-corrected chi connectivity index (χ2v) is 5.50. The quantitative estimate of drug-likeness (QED) is 0.445. The summed E-state index contributed by atoms with van der Waals surface area (Å²) in [6.45, 7) is 2.32. The predicted octanol–water partition coefficient (Wildman–Crippen LogP) is 3.19. The lowest BCUT2D eigenvalue weighted by Crippen LogP contribution is -2.23. The van der Waals surface area contributed by atoms with Crippen molar-refractivity contribution in [2.45, 2.75) is 13.5 Å². The van der Waals surface area contributed by atoms with E-state index in [0.29, 0.717) is 12.1 Å². The molecular formula is C20H18N2O3. The maximum atomic E-state index is 12.0. The molecule has 0 bridgehead atoms. The molecule has 3 N–H and O–H groups in total. The van der Waals surface area contributed by atoms with Gasteiger partial charge in [-0.2, -0.15) is 5.26 Å². The number of aryl methyl sites for hydroxylation is 1. The van der Waals surface area contributed by atoms with E-state index >= 15 is 0 Å². The van der Waals surface area contributed by atoms with E-state index in [1.807, 2.05) is 37.3 Å². The third-order valence-corrected chi connectivity index (χ3v) is 3.42. The average Bonchev–Trinajstić information content (AvgIpc) is 2.57. The molecule has 0 spiro atoms. The number of amides is 1. The summed E-state index contributed by atoms with van der Waals surface area (Å²) in [5.74, 6) is -0.605. The van der Waals surface area contributed by atoms with Crippen LogP contribution in [0.4, 0.5) is 0 Å². The average molecular weight is 334 g/mol. The van der Waals surface area contributed by atoms with E-state index in [2.05, 4.69) is 5.32 Å².